The molecule has 0 bridgehead atoms. The first kappa shape index (κ1) is 9.67. The van der Waals surface area contributed by atoms with E-state index in [0.717, 1.165) is 0 Å². The zero-order chi connectivity index (χ0) is 9.14. The van der Waals surface area contributed by atoms with Gasteiger partial charge in [0.1, 0.15) is 4.84 Å². The summed E-state index contributed by atoms with van der Waals surface area (Å²) in [6, 6.07) is 6.77. The van der Waals surface area contributed by atoms with Crippen molar-refractivity contribution in [3.05, 3.63) is 34.3 Å². The highest BCUT2D eigenvalue weighted by Gasteiger charge is 2.08. The van der Waals surface area contributed by atoms with Crippen molar-refractivity contribution in [2.24, 2.45) is 0 Å². The molecule has 1 nitrogen and oxygen atoms in total. The van der Waals surface area contributed by atoms with Crippen molar-refractivity contribution >= 4 is 34.8 Å². The third-order valence-electron chi connectivity index (χ3n) is 1.36. The molecule has 1 aromatic rings. The number of halogens is 3. The van der Waals surface area contributed by atoms with Gasteiger partial charge in [0.25, 0.3) is 0 Å². The van der Waals surface area contributed by atoms with Crippen LogP contribution in [0.15, 0.2) is 18.2 Å². The molecule has 0 fully saturated rings. The van der Waals surface area contributed by atoms with E-state index >= 15 is 0 Å². The van der Waals surface area contributed by atoms with Gasteiger partial charge in [-0.1, -0.05) is 11.6 Å². The molecule has 0 saturated heterocycles. The largest absolute Gasteiger partial charge is 0.192 e. The normalized spacial score (nSPS) is 9.92. The molecule has 0 radical (unpaired) electrons. The Kier molecular flexibility index (Phi) is 3.22. The van der Waals surface area contributed by atoms with E-state index in [1.165, 1.54) is 0 Å². The van der Waals surface area contributed by atoms with Gasteiger partial charge in [-0.2, -0.15) is 5.26 Å². The molecule has 0 unspecified atom stereocenters. The highest BCUT2D eigenvalue weighted by molar-refractivity contribution is 6.45. The number of hydrogen-bond acceptors (Lipinski definition) is 1. The molecular formula is C8H4Cl3N. The minimum Gasteiger partial charge on any atom is -0.192 e. The quantitative estimate of drug-likeness (QED) is 0.662. The Balaban J connectivity index is 3.19. The first-order valence-electron chi connectivity index (χ1n) is 3.13. The van der Waals surface area contributed by atoms with E-state index in [-0.39, 0.29) is 0 Å². The van der Waals surface area contributed by atoms with Crippen molar-refractivity contribution in [3.8, 4) is 6.07 Å². The van der Waals surface area contributed by atoms with Crippen LogP contribution in [0.3, 0.4) is 0 Å². The number of rotatable bonds is 1. The predicted octanol–water partition coefficient (Wildman–Crippen LogP) is 3.69. The molecular weight excluding hydrogens is 216 g/mol. The van der Waals surface area contributed by atoms with Crippen molar-refractivity contribution in [1.82, 2.24) is 0 Å². The van der Waals surface area contributed by atoms with Crippen LogP contribution in [-0.2, 0) is 0 Å². The second-order valence-electron chi connectivity index (χ2n) is 2.15. The average molecular weight is 220 g/mol. The zero-order valence-electron chi connectivity index (χ0n) is 5.89. The van der Waals surface area contributed by atoms with Crippen LogP contribution in [0.25, 0.3) is 0 Å². The van der Waals surface area contributed by atoms with E-state index in [1.54, 1.807) is 18.2 Å². The van der Waals surface area contributed by atoms with Gasteiger partial charge in [-0.05, 0) is 18.2 Å². The topological polar surface area (TPSA) is 23.8 Å². The highest BCUT2D eigenvalue weighted by Crippen LogP contribution is 2.31. The molecule has 0 spiro atoms. The lowest BCUT2D eigenvalue weighted by atomic mass is 10.1. The summed E-state index contributed by atoms with van der Waals surface area (Å²) in [7, 11) is 0. The molecule has 4 heteroatoms. The number of hydrogen-bond donors (Lipinski definition) is 0. The average Bonchev–Trinajstić information content (AvgIpc) is 2.05. The van der Waals surface area contributed by atoms with E-state index in [1.807, 2.05) is 6.07 Å². The van der Waals surface area contributed by atoms with Crippen LogP contribution < -0.4 is 0 Å². The summed E-state index contributed by atoms with van der Waals surface area (Å²) in [4.78, 5) is -0.689. The molecule has 12 heavy (non-hydrogen) atoms. The van der Waals surface area contributed by atoms with Crippen LogP contribution >= 0.6 is 34.8 Å². The Hall–Kier alpha value is -0.420. The number of nitriles is 1. The highest BCUT2D eigenvalue weighted by atomic mass is 35.5. The molecule has 62 valence electrons. The first-order chi connectivity index (χ1) is 5.65. The first-order valence-corrected chi connectivity index (χ1v) is 4.38. The van der Waals surface area contributed by atoms with Crippen LogP contribution in [0, 0.1) is 11.3 Å². The second-order valence-corrected chi connectivity index (χ2v) is 3.65. The summed E-state index contributed by atoms with van der Waals surface area (Å²) in [5.74, 6) is 0. The van der Waals surface area contributed by atoms with Gasteiger partial charge in [0.15, 0.2) is 0 Å². The van der Waals surface area contributed by atoms with Crippen LogP contribution in [0.2, 0.25) is 5.02 Å². The summed E-state index contributed by atoms with van der Waals surface area (Å²) in [6.45, 7) is 0. The maximum absolute atomic E-state index is 8.56. The van der Waals surface area contributed by atoms with Crippen LogP contribution in [0.5, 0.6) is 0 Å². The molecule has 0 atom stereocenters. The van der Waals surface area contributed by atoms with Gasteiger partial charge in [0.2, 0.25) is 0 Å². The lowest BCUT2D eigenvalue weighted by molar-refractivity contribution is 1.33. The minimum atomic E-state index is -0.689. The van der Waals surface area contributed by atoms with Gasteiger partial charge in [-0.25, -0.2) is 0 Å². The van der Waals surface area contributed by atoms with Crippen LogP contribution in [0.1, 0.15) is 16.0 Å². The van der Waals surface area contributed by atoms with Gasteiger partial charge < -0.3 is 0 Å². The fourth-order valence-corrected chi connectivity index (χ4v) is 1.48. The van der Waals surface area contributed by atoms with Crippen molar-refractivity contribution < 1.29 is 0 Å². The standard InChI is InChI=1S/C8H4Cl3N/c9-7-2-1-5(4-12)3-6(7)8(10)11/h1-3,8H. The number of benzene rings is 1. The van der Waals surface area contributed by atoms with Gasteiger partial charge in [0.05, 0.1) is 11.6 Å². The summed E-state index contributed by atoms with van der Waals surface area (Å²) in [5.41, 5.74) is 1.07. The Labute approximate surface area is 85.5 Å². The molecule has 0 amide bonds. The summed E-state index contributed by atoms with van der Waals surface area (Å²) < 4.78 is 0. The molecule has 0 saturated carbocycles. The van der Waals surface area contributed by atoms with Gasteiger partial charge in [-0.3, -0.25) is 0 Å². The third-order valence-corrected chi connectivity index (χ3v) is 2.17. The summed E-state index contributed by atoms with van der Waals surface area (Å²) in [6.07, 6.45) is 0. The SMILES string of the molecule is N#Cc1ccc(Cl)c(C(Cl)Cl)c1. The fourth-order valence-electron chi connectivity index (χ4n) is 0.781. The van der Waals surface area contributed by atoms with E-state index < -0.39 is 4.84 Å². The Morgan fingerprint density at radius 3 is 2.50 bits per heavy atom. The predicted molar refractivity (Wildman–Crippen MR) is 50.6 cm³/mol. The minimum absolute atomic E-state index is 0.476. The Bertz CT molecular complexity index is 328. The van der Waals surface area contributed by atoms with Gasteiger partial charge in [-0.15, -0.1) is 23.2 Å². The zero-order valence-corrected chi connectivity index (χ0v) is 8.16. The van der Waals surface area contributed by atoms with Crippen molar-refractivity contribution in [1.29, 1.82) is 5.26 Å². The van der Waals surface area contributed by atoms with E-state index in [2.05, 4.69) is 0 Å². The van der Waals surface area contributed by atoms with Crippen molar-refractivity contribution in [3.63, 3.8) is 0 Å². The molecule has 0 aliphatic heterocycles. The number of nitrogens with zero attached hydrogens (tertiary/aromatic N) is 1. The maximum atomic E-state index is 8.56. The fraction of sp³-hybridized carbons (Fsp3) is 0.125. The monoisotopic (exact) mass is 219 g/mol. The molecule has 0 heterocycles. The van der Waals surface area contributed by atoms with Crippen molar-refractivity contribution in [2.75, 3.05) is 0 Å². The summed E-state index contributed by atoms with van der Waals surface area (Å²) >= 11 is 17.0. The van der Waals surface area contributed by atoms with Crippen LogP contribution in [0.4, 0.5) is 0 Å². The van der Waals surface area contributed by atoms with E-state index in [0.29, 0.717) is 16.1 Å². The molecule has 0 aromatic heterocycles. The molecule has 0 N–H and O–H groups in total. The third kappa shape index (κ3) is 2.04. The molecule has 1 rings (SSSR count). The Morgan fingerprint density at radius 1 is 1.33 bits per heavy atom. The van der Waals surface area contributed by atoms with Gasteiger partial charge in [0, 0.05) is 10.6 Å². The Morgan fingerprint density at radius 2 is 2.00 bits per heavy atom. The lowest BCUT2D eigenvalue weighted by Crippen LogP contribution is -1.85. The van der Waals surface area contributed by atoms with Crippen molar-refractivity contribution in [2.45, 2.75) is 4.84 Å². The number of alkyl halides is 2. The van der Waals surface area contributed by atoms with E-state index in [4.69, 9.17) is 40.1 Å². The molecule has 1 aromatic carbocycles. The lowest BCUT2D eigenvalue weighted by Gasteiger charge is -2.03. The van der Waals surface area contributed by atoms with Crippen LogP contribution in [-0.4, -0.2) is 0 Å². The molecule has 0 aliphatic carbocycles. The second kappa shape index (κ2) is 4.00. The van der Waals surface area contributed by atoms with Gasteiger partial charge >= 0.3 is 0 Å². The smallest absolute Gasteiger partial charge is 0.134 e. The van der Waals surface area contributed by atoms with E-state index in [9.17, 15) is 0 Å². The summed E-state index contributed by atoms with van der Waals surface area (Å²) in [5, 5.41) is 9.03. The molecule has 0 aliphatic rings. The maximum Gasteiger partial charge on any atom is 0.134 e.